The summed E-state index contributed by atoms with van der Waals surface area (Å²) in [6.45, 7) is 7.55. The molecule has 4 rings (SSSR count). The van der Waals surface area contributed by atoms with Crippen LogP contribution in [0.4, 0.5) is 4.79 Å². The quantitative estimate of drug-likeness (QED) is 0.207. The summed E-state index contributed by atoms with van der Waals surface area (Å²) in [6.07, 6.45) is -0.730. The highest BCUT2D eigenvalue weighted by atomic mass is 16.7. The van der Waals surface area contributed by atoms with Gasteiger partial charge in [0.05, 0.1) is 0 Å². The van der Waals surface area contributed by atoms with E-state index < -0.39 is 17.2 Å². The zero-order chi connectivity index (χ0) is 23.6. The van der Waals surface area contributed by atoms with E-state index in [0.29, 0.717) is 5.75 Å². The maximum Gasteiger partial charge on any atom is 0.514 e. The number of carbonyl (C=O) groups excluding carboxylic acids is 1. The molecule has 4 heteroatoms. The predicted octanol–water partition coefficient (Wildman–Crippen LogP) is 7.21. The van der Waals surface area contributed by atoms with Crippen LogP contribution in [-0.2, 0) is 10.2 Å². The Morgan fingerprint density at radius 2 is 1.24 bits per heavy atom. The van der Waals surface area contributed by atoms with Crippen LogP contribution < -0.4 is 4.74 Å². The first-order chi connectivity index (χ1) is 15.6. The minimum Gasteiger partial charge on any atom is -0.508 e. The first-order valence-electron chi connectivity index (χ1n) is 11.0. The van der Waals surface area contributed by atoms with E-state index in [0.717, 1.165) is 22.1 Å². The Morgan fingerprint density at radius 1 is 0.697 bits per heavy atom. The molecule has 1 atom stereocenters. The second kappa shape index (κ2) is 8.62. The molecule has 0 aliphatic carbocycles. The van der Waals surface area contributed by atoms with Gasteiger partial charge in [0.1, 0.15) is 17.1 Å². The fraction of sp³-hybridized carbons (Fsp3) is 0.207. The lowest BCUT2D eigenvalue weighted by molar-refractivity contribution is 0.0206. The van der Waals surface area contributed by atoms with Crippen LogP contribution in [0.3, 0.4) is 0 Å². The number of phenols is 1. The Kier molecular flexibility index (Phi) is 5.86. The molecule has 0 radical (unpaired) electrons. The van der Waals surface area contributed by atoms with Gasteiger partial charge in [-0.25, -0.2) is 4.79 Å². The van der Waals surface area contributed by atoms with Crippen LogP contribution in [0.15, 0.2) is 91.0 Å². The number of phenolic OH excluding ortho intramolecular Hbond substituents is 1. The Hall–Kier alpha value is -3.79. The van der Waals surface area contributed by atoms with Gasteiger partial charge in [-0.3, -0.25) is 0 Å². The molecule has 0 saturated carbocycles. The lowest BCUT2D eigenvalue weighted by atomic mass is 9.71. The number of fused-ring (bicyclic) bond motifs is 1. The van der Waals surface area contributed by atoms with E-state index in [9.17, 15) is 9.90 Å². The van der Waals surface area contributed by atoms with Gasteiger partial charge in [0, 0.05) is 5.41 Å². The molecule has 1 unspecified atom stereocenters. The van der Waals surface area contributed by atoms with Crippen molar-refractivity contribution in [1.29, 1.82) is 0 Å². The zero-order valence-electron chi connectivity index (χ0n) is 19.3. The van der Waals surface area contributed by atoms with Crippen LogP contribution >= 0.6 is 0 Å². The molecule has 4 aromatic rings. The Morgan fingerprint density at radius 3 is 1.85 bits per heavy atom. The minimum absolute atomic E-state index is 0.223. The lowest BCUT2D eigenvalue weighted by Crippen LogP contribution is -2.26. The largest absolute Gasteiger partial charge is 0.514 e. The number of hydrogen-bond acceptors (Lipinski definition) is 4. The first-order valence-corrected chi connectivity index (χ1v) is 11.0. The third-order valence-corrected chi connectivity index (χ3v) is 5.79. The van der Waals surface area contributed by atoms with E-state index in [1.165, 1.54) is 5.39 Å². The van der Waals surface area contributed by atoms with Crippen molar-refractivity contribution in [3.8, 4) is 11.5 Å². The molecule has 1 N–H and O–H groups in total. The van der Waals surface area contributed by atoms with E-state index in [1.807, 2.05) is 36.4 Å². The molecular weight excluding hydrogens is 412 g/mol. The smallest absolute Gasteiger partial charge is 0.508 e. The number of benzene rings is 4. The average Bonchev–Trinajstić information content (AvgIpc) is 2.78. The SMILES string of the molecule is CC(C)(C)OC(=O)Oc1ccc(C(C)(c2ccc(O)cc2)c2ccc3ccccc3c2)cc1. The molecule has 0 amide bonds. The molecule has 168 valence electrons. The van der Waals surface area contributed by atoms with Gasteiger partial charge in [-0.2, -0.15) is 0 Å². The summed E-state index contributed by atoms with van der Waals surface area (Å²) in [5.74, 6) is 0.639. The van der Waals surface area contributed by atoms with Crippen LogP contribution in [0.2, 0.25) is 0 Å². The maximum atomic E-state index is 12.0. The van der Waals surface area contributed by atoms with E-state index in [1.54, 1.807) is 45.0 Å². The molecule has 4 nitrogen and oxygen atoms in total. The van der Waals surface area contributed by atoms with Crippen molar-refractivity contribution in [2.24, 2.45) is 0 Å². The molecule has 0 spiro atoms. The fourth-order valence-electron chi connectivity index (χ4n) is 4.02. The van der Waals surface area contributed by atoms with Gasteiger partial charge < -0.3 is 14.6 Å². The van der Waals surface area contributed by atoms with Crippen molar-refractivity contribution in [1.82, 2.24) is 0 Å². The number of ether oxygens (including phenoxy) is 2. The van der Waals surface area contributed by atoms with Crippen LogP contribution in [-0.4, -0.2) is 16.9 Å². The summed E-state index contributed by atoms with van der Waals surface area (Å²) in [7, 11) is 0. The van der Waals surface area contributed by atoms with Crippen molar-refractivity contribution in [2.75, 3.05) is 0 Å². The van der Waals surface area contributed by atoms with Gasteiger partial charge in [0.25, 0.3) is 0 Å². The lowest BCUT2D eigenvalue weighted by Gasteiger charge is -2.32. The Labute approximate surface area is 194 Å². The Balaban J connectivity index is 1.75. The fourth-order valence-corrected chi connectivity index (χ4v) is 4.02. The highest BCUT2D eigenvalue weighted by molar-refractivity contribution is 5.83. The summed E-state index contributed by atoms with van der Waals surface area (Å²) in [6, 6.07) is 29.5. The minimum atomic E-state index is -0.730. The molecule has 0 aromatic heterocycles. The van der Waals surface area contributed by atoms with E-state index in [4.69, 9.17) is 9.47 Å². The summed E-state index contributed by atoms with van der Waals surface area (Å²) in [5.41, 5.74) is 2.07. The predicted molar refractivity (Wildman–Crippen MR) is 131 cm³/mol. The van der Waals surface area contributed by atoms with Crippen LogP contribution in [0, 0.1) is 0 Å². The van der Waals surface area contributed by atoms with E-state index in [-0.39, 0.29) is 5.75 Å². The summed E-state index contributed by atoms with van der Waals surface area (Å²) >= 11 is 0. The molecule has 0 fully saturated rings. The first kappa shape index (κ1) is 22.4. The third kappa shape index (κ3) is 4.85. The topological polar surface area (TPSA) is 55.8 Å². The Bertz CT molecular complexity index is 1270. The van der Waals surface area contributed by atoms with Crippen molar-refractivity contribution >= 4 is 16.9 Å². The maximum absolute atomic E-state index is 12.0. The van der Waals surface area contributed by atoms with Crippen molar-refractivity contribution in [2.45, 2.75) is 38.7 Å². The molecule has 0 heterocycles. The van der Waals surface area contributed by atoms with Crippen LogP contribution in [0.25, 0.3) is 10.8 Å². The van der Waals surface area contributed by atoms with Crippen LogP contribution in [0.1, 0.15) is 44.4 Å². The molecule has 0 aliphatic heterocycles. The molecule has 33 heavy (non-hydrogen) atoms. The number of carbonyl (C=O) groups is 1. The highest BCUT2D eigenvalue weighted by Gasteiger charge is 2.31. The highest BCUT2D eigenvalue weighted by Crippen LogP contribution is 2.41. The molecular formula is C29H28O4. The van der Waals surface area contributed by atoms with Crippen LogP contribution in [0.5, 0.6) is 11.5 Å². The van der Waals surface area contributed by atoms with Crippen molar-refractivity contribution in [3.05, 3.63) is 108 Å². The van der Waals surface area contributed by atoms with Gasteiger partial charge in [-0.1, -0.05) is 60.7 Å². The monoisotopic (exact) mass is 440 g/mol. The van der Waals surface area contributed by atoms with Crippen molar-refractivity contribution < 1.29 is 19.4 Å². The van der Waals surface area contributed by atoms with Gasteiger partial charge >= 0.3 is 6.16 Å². The second-order valence-electron chi connectivity index (χ2n) is 9.32. The van der Waals surface area contributed by atoms with Gasteiger partial charge in [0.2, 0.25) is 0 Å². The van der Waals surface area contributed by atoms with Crippen molar-refractivity contribution in [3.63, 3.8) is 0 Å². The standard InChI is InChI=1S/C29H28O4/c1-28(2,3)33-27(31)32-26-17-13-23(14-18-26)29(4,22-11-15-25(30)16-12-22)24-10-9-20-7-5-6-8-21(20)19-24/h5-19,30H,1-4H3. The second-order valence-corrected chi connectivity index (χ2v) is 9.32. The summed E-state index contributed by atoms with van der Waals surface area (Å²) < 4.78 is 10.6. The molecule has 4 aromatic carbocycles. The zero-order valence-corrected chi connectivity index (χ0v) is 19.3. The number of rotatable bonds is 4. The number of hydrogen-bond donors (Lipinski definition) is 1. The van der Waals surface area contributed by atoms with E-state index in [2.05, 4.69) is 37.3 Å². The average molecular weight is 441 g/mol. The van der Waals surface area contributed by atoms with E-state index >= 15 is 0 Å². The molecule has 0 aliphatic rings. The van der Waals surface area contributed by atoms with Gasteiger partial charge in [0.15, 0.2) is 0 Å². The van der Waals surface area contributed by atoms with Gasteiger partial charge in [-0.05, 0) is 85.5 Å². The normalized spacial score (nSPS) is 13.3. The summed E-state index contributed by atoms with van der Waals surface area (Å²) in [5, 5.41) is 12.2. The third-order valence-electron chi connectivity index (χ3n) is 5.79. The summed E-state index contributed by atoms with van der Waals surface area (Å²) in [4.78, 5) is 12.0. The molecule has 0 bridgehead atoms. The van der Waals surface area contributed by atoms with Gasteiger partial charge in [-0.15, -0.1) is 0 Å². The number of aromatic hydroxyl groups is 1. The molecule has 0 saturated heterocycles.